The van der Waals surface area contributed by atoms with Gasteiger partial charge in [-0.05, 0) is 58.7 Å². The van der Waals surface area contributed by atoms with E-state index in [1.54, 1.807) is 13.2 Å². The number of methoxy groups -OCH3 is 1. The predicted octanol–water partition coefficient (Wildman–Crippen LogP) is 4.61. The van der Waals surface area contributed by atoms with Gasteiger partial charge in [0.25, 0.3) is 0 Å². The monoisotopic (exact) mass is 353 g/mol. The maximum absolute atomic E-state index is 13.0. The van der Waals surface area contributed by atoms with Gasteiger partial charge in [-0.25, -0.2) is 4.39 Å². The Bertz CT molecular complexity index is 619. The molecule has 2 aromatic carbocycles. The van der Waals surface area contributed by atoms with Gasteiger partial charge in [0.05, 0.1) is 13.7 Å². The summed E-state index contributed by atoms with van der Waals surface area (Å²) in [4.78, 5) is 0. The zero-order valence-electron chi connectivity index (χ0n) is 12.0. The third-order valence-corrected chi connectivity index (χ3v) is 3.60. The molecule has 0 unspecified atom stereocenters. The Morgan fingerprint density at radius 3 is 2.62 bits per heavy atom. The molecular weight excluding hydrogens is 337 g/mol. The number of anilines is 1. The number of ether oxygens (including phenoxy) is 2. The Labute approximate surface area is 132 Å². The van der Waals surface area contributed by atoms with Crippen LogP contribution >= 0.6 is 15.9 Å². The van der Waals surface area contributed by atoms with Crippen molar-refractivity contribution in [3.05, 3.63) is 52.3 Å². The zero-order chi connectivity index (χ0) is 15.2. The van der Waals surface area contributed by atoms with Crippen LogP contribution in [0.15, 0.2) is 40.9 Å². The molecule has 0 heterocycles. The molecule has 0 spiro atoms. The molecular formula is C16H17BrFNO2. The lowest BCUT2D eigenvalue weighted by atomic mass is 10.2. The van der Waals surface area contributed by atoms with Gasteiger partial charge in [0.2, 0.25) is 0 Å². The van der Waals surface area contributed by atoms with Crippen molar-refractivity contribution in [3.63, 3.8) is 0 Å². The first-order valence-electron chi connectivity index (χ1n) is 6.62. The third-order valence-electron chi connectivity index (χ3n) is 2.94. The summed E-state index contributed by atoms with van der Waals surface area (Å²) in [7, 11) is 1.62. The van der Waals surface area contributed by atoms with E-state index >= 15 is 0 Å². The highest BCUT2D eigenvalue weighted by Gasteiger charge is 2.06. The summed E-state index contributed by atoms with van der Waals surface area (Å²) >= 11 is 3.34. The largest absolute Gasteiger partial charge is 0.493 e. The van der Waals surface area contributed by atoms with Gasteiger partial charge in [-0.2, -0.15) is 0 Å². The van der Waals surface area contributed by atoms with Gasteiger partial charge >= 0.3 is 0 Å². The summed E-state index contributed by atoms with van der Waals surface area (Å²) in [6, 6.07) is 10.3. The minimum Gasteiger partial charge on any atom is -0.493 e. The highest BCUT2D eigenvalue weighted by Crippen LogP contribution is 2.29. The molecule has 0 atom stereocenters. The smallest absolute Gasteiger partial charge is 0.161 e. The first kappa shape index (κ1) is 15.6. The minimum atomic E-state index is -0.268. The topological polar surface area (TPSA) is 30.5 Å². The Morgan fingerprint density at radius 1 is 1.14 bits per heavy atom. The molecule has 0 saturated heterocycles. The summed E-state index contributed by atoms with van der Waals surface area (Å²) in [6.45, 7) is 3.12. The zero-order valence-corrected chi connectivity index (χ0v) is 13.5. The van der Waals surface area contributed by atoms with Crippen molar-refractivity contribution in [1.29, 1.82) is 0 Å². The van der Waals surface area contributed by atoms with Crippen LogP contribution in [0.25, 0.3) is 0 Å². The molecule has 0 saturated carbocycles. The molecule has 2 aromatic rings. The number of hydrogen-bond acceptors (Lipinski definition) is 3. The van der Waals surface area contributed by atoms with Gasteiger partial charge in [-0.1, -0.05) is 6.07 Å². The van der Waals surface area contributed by atoms with E-state index in [1.165, 1.54) is 12.1 Å². The van der Waals surface area contributed by atoms with E-state index in [4.69, 9.17) is 9.47 Å². The fraction of sp³-hybridized carbons (Fsp3) is 0.250. The number of benzene rings is 2. The SMILES string of the molecule is CCOc1cc(CNc2ccc(F)cc2Br)ccc1OC. The van der Waals surface area contributed by atoms with Crippen LogP contribution < -0.4 is 14.8 Å². The van der Waals surface area contributed by atoms with E-state index in [2.05, 4.69) is 21.2 Å². The number of halogens is 2. The lowest BCUT2D eigenvalue weighted by Gasteiger charge is -2.13. The quantitative estimate of drug-likeness (QED) is 0.822. The van der Waals surface area contributed by atoms with Crippen molar-refractivity contribution in [3.8, 4) is 11.5 Å². The summed E-state index contributed by atoms with van der Waals surface area (Å²) in [5.41, 5.74) is 1.89. The minimum absolute atomic E-state index is 0.268. The summed E-state index contributed by atoms with van der Waals surface area (Å²) in [5.74, 6) is 1.16. The molecule has 0 radical (unpaired) electrons. The van der Waals surface area contributed by atoms with Crippen LogP contribution in [-0.2, 0) is 6.54 Å². The molecule has 5 heteroatoms. The molecule has 0 aliphatic carbocycles. The first-order valence-corrected chi connectivity index (χ1v) is 7.42. The van der Waals surface area contributed by atoms with Crippen molar-refractivity contribution < 1.29 is 13.9 Å². The maximum atomic E-state index is 13.0. The van der Waals surface area contributed by atoms with Gasteiger partial charge < -0.3 is 14.8 Å². The highest BCUT2D eigenvalue weighted by atomic mass is 79.9. The average molecular weight is 354 g/mol. The predicted molar refractivity (Wildman–Crippen MR) is 85.6 cm³/mol. The lowest BCUT2D eigenvalue weighted by molar-refractivity contribution is 0.310. The Hall–Kier alpha value is -1.75. The molecule has 0 aromatic heterocycles. The molecule has 112 valence electrons. The van der Waals surface area contributed by atoms with Crippen molar-refractivity contribution in [1.82, 2.24) is 0 Å². The van der Waals surface area contributed by atoms with Crippen molar-refractivity contribution in [2.75, 3.05) is 19.0 Å². The molecule has 0 bridgehead atoms. The normalized spacial score (nSPS) is 10.3. The number of nitrogens with one attached hydrogen (secondary N) is 1. The van der Waals surface area contributed by atoms with Gasteiger partial charge in [-0.15, -0.1) is 0 Å². The van der Waals surface area contributed by atoms with E-state index in [0.29, 0.717) is 23.4 Å². The highest BCUT2D eigenvalue weighted by molar-refractivity contribution is 9.10. The van der Waals surface area contributed by atoms with E-state index in [0.717, 1.165) is 17.0 Å². The van der Waals surface area contributed by atoms with Crippen LogP contribution in [0.2, 0.25) is 0 Å². The van der Waals surface area contributed by atoms with Crippen LogP contribution in [-0.4, -0.2) is 13.7 Å². The first-order chi connectivity index (χ1) is 10.1. The summed E-state index contributed by atoms with van der Waals surface area (Å²) in [6.07, 6.45) is 0. The number of hydrogen-bond donors (Lipinski definition) is 1. The van der Waals surface area contributed by atoms with Gasteiger partial charge in [0, 0.05) is 16.7 Å². The van der Waals surface area contributed by atoms with Crippen LogP contribution in [0.3, 0.4) is 0 Å². The van der Waals surface area contributed by atoms with Gasteiger partial charge in [-0.3, -0.25) is 0 Å². The molecule has 2 rings (SSSR count). The van der Waals surface area contributed by atoms with Crippen LogP contribution in [0.1, 0.15) is 12.5 Å². The van der Waals surface area contributed by atoms with Crippen LogP contribution in [0, 0.1) is 5.82 Å². The van der Waals surface area contributed by atoms with E-state index in [9.17, 15) is 4.39 Å². The second kappa shape index (κ2) is 7.31. The number of rotatable bonds is 6. The van der Waals surface area contributed by atoms with Crippen molar-refractivity contribution in [2.45, 2.75) is 13.5 Å². The summed E-state index contributed by atoms with van der Waals surface area (Å²) in [5, 5.41) is 3.25. The summed E-state index contributed by atoms with van der Waals surface area (Å²) < 4.78 is 24.5. The molecule has 1 N–H and O–H groups in total. The van der Waals surface area contributed by atoms with E-state index in [1.807, 2.05) is 25.1 Å². The van der Waals surface area contributed by atoms with Crippen molar-refractivity contribution >= 4 is 21.6 Å². The fourth-order valence-electron chi connectivity index (χ4n) is 1.93. The van der Waals surface area contributed by atoms with Gasteiger partial charge in [0.1, 0.15) is 5.82 Å². The van der Waals surface area contributed by atoms with Crippen molar-refractivity contribution in [2.24, 2.45) is 0 Å². The molecule has 21 heavy (non-hydrogen) atoms. The second-order valence-electron chi connectivity index (χ2n) is 4.40. The fourth-order valence-corrected chi connectivity index (χ4v) is 2.42. The third kappa shape index (κ3) is 4.11. The lowest BCUT2D eigenvalue weighted by Crippen LogP contribution is -2.02. The second-order valence-corrected chi connectivity index (χ2v) is 5.25. The maximum Gasteiger partial charge on any atom is 0.161 e. The molecule has 0 amide bonds. The standard InChI is InChI=1S/C16H17BrFNO2/c1-3-21-16-8-11(4-7-15(16)20-2)10-19-14-6-5-12(18)9-13(14)17/h4-9,19H,3,10H2,1-2H3. The average Bonchev–Trinajstić information content (AvgIpc) is 2.47. The van der Waals surface area contributed by atoms with Crippen LogP contribution in [0.5, 0.6) is 11.5 Å². The van der Waals surface area contributed by atoms with E-state index in [-0.39, 0.29) is 5.82 Å². The molecule has 0 fully saturated rings. The Kier molecular flexibility index (Phi) is 5.44. The van der Waals surface area contributed by atoms with Gasteiger partial charge in [0.15, 0.2) is 11.5 Å². The Morgan fingerprint density at radius 2 is 1.95 bits per heavy atom. The van der Waals surface area contributed by atoms with E-state index < -0.39 is 0 Å². The molecule has 3 nitrogen and oxygen atoms in total. The van der Waals surface area contributed by atoms with Crippen LogP contribution in [0.4, 0.5) is 10.1 Å². The molecule has 0 aliphatic rings. The Balaban J connectivity index is 2.10. The molecule has 0 aliphatic heterocycles.